The molecule has 0 fully saturated rings. The smallest absolute Gasteiger partial charge is 0.136 e. The van der Waals surface area contributed by atoms with E-state index in [1.807, 2.05) is 38.1 Å². The Balaban J connectivity index is 2.29. The van der Waals surface area contributed by atoms with Crippen LogP contribution in [0.3, 0.4) is 0 Å². The molecule has 0 N–H and O–H groups in total. The number of rotatable bonds is 0. The first-order chi connectivity index (χ1) is 9.31. The predicted molar refractivity (Wildman–Crippen MR) is 78.8 cm³/mol. The van der Waals surface area contributed by atoms with Crippen LogP contribution in [0, 0.1) is 23.7 Å². The van der Waals surface area contributed by atoms with Crippen molar-refractivity contribution in [3.63, 3.8) is 0 Å². The van der Waals surface area contributed by atoms with Crippen LogP contribution >= 0.6 is 0 Å². The van der Waals surface area contributed by atoms with E-state index in [4.69, 9.17) is 4.42 Å². The summed E-state index contributed by atoms with van der Waals surface area (Å²) in [6.07, 6.45) is 0. The summed E-state index contributed by atoms with van der Waals surface area (Å²) in [5.74, 6) is 11.9. The van der Waals surface area contributed by atoms with Crippen molar-refractivity contribution in [3.05, 3.63) is 47.5 Å². The molecule has 0 bridgehead atoms. The molecule has 0 aliphatic rings. The van der Waals surface area contributed by atoms with Crippen LogP contribution in [0.25, 0.3) is 21.9 Å². The zero-order valence-electron chi connectivity index (χ0n) is 10.9. The molecule has 0 radical (unpaired) electrons. The van der Waals surface area contributed by atoms with E-state index < -0.39 is 0 Å². The molecule has 1 heteroatoms. The molecule has 0 spiro atoms. The molecule has 3 rings (SSSR count). The van der Waals surface area contributed by atoms with Crippen LogP contribution in [0.2, 0.25) is 0 Å². The minimum absolute atomic E-state index is 0.872. The van der Waals surface area contributed by atoms with Crippen molar-refractivity contribution in [2.24, 2.45) is 0 Å². The lowest BCUT2D eigenvalue weighted by Gasteiger charge is -1.91. The van der Waals surface area contributed by atoms with Crippen LogP contribution < -0.4 is 0 Å². The average Bonchev–Trinajstić information content (AvgIpc) is 2.76. The molecular weight excluding hydrogens is 232 g/mol. The van der Waals surface area contributed by atoms with E-state index in [9.17, 15) is 0 Å². The molecular formula is C18H12O. The Morgan fingerprint density at radius 3 is 1.63 bits per heavy atom. The highest BCUT2D eigenvalue weighted by molar-refractivity contribution is 6.05. The third kappa shape index (κ3) is 1.96. The van der Waals surface area contributed by atoms with E-state index in [1.54, 1.807) is 0 Å². The van der Waals surface area contributed by atoms with Crippen molar-refractivity contribution in [1.82, 2.24) is 0 Å². The second-order valence-electron chi connectivity index (χ2n) is 4.27. The molecule has 1 nitrogen and oxygen atoms in total. The third-order valence-electron chi connectivity index (χ3n) is 3.01. The number of benzene rings is 2. The SMILES string of the molecule is CC#Cc1ccc2c(c1)oc1cc(C#CC)ccc12. The van der Waals surface area contributed by atoms with Gasteiger partial charge in [-0.25, -0.2) is 0 Å². The Kier molecular flexibility index (Phi) is 2.75. The molecule has 90 valence electrons. The second kappa shape index (κ2) is 4.56. The van der Waals surface area contributed by atoms with E-state index >= 15 is 0 Å². The summed E-state index contributed by atoms with van der Waals surface area (Å²) in [5.41, 5.74) is 3.69. The number of furan rings is 1. The van der Waals surface area contributed by atoms with E-state index in [0.29, 0.717) is 0 Å². The summed E-state index contributed by atoms with van der Waals surface area (Å²) in [6, 6.07) is 12.1. The van der Waals surface area contributed by atoms with Gasteiger partial charge >= 0.3 is 0 Å². The maximum absolute atomic E-state index is 5.89. The first kappa shape index (κ1) is 11.5. The predicted octanol–water partition coefficient (Wildman–Crippen LogP) is 4.33. The minimum Gasteiger partial charge on any atom is -0.456 e. The van der Waals surface area contributed by atoms with Gasteiger partial charge in [0.15, 0.2) is 0 Å². The summed E-state index contributed by atoms with van der Waals surface area (Å²) in [5, 5.41) is 2.24. The number of fused-ring (bicyclic) bond motifs is 3. The van der Waals surface area contributed by atoms with Crippen molar-refractivity contribution < 1.29 is 4.42 Å². The monoisotopic (exact) mass is 244 g/mol. The maximum Gasteiger partial charge on any atom is 0.136 e. The summed E-state index contributed by atoms with van der Waals surface area (Å²) in [7, 11) is 0. The average molecular weight is 244 g/mol. The van der Waals surface area contributed by atoms with E-state index in [0.717, 1.165) is 33.1 Å². The molecule has 3 aromatic rings. The lowest BCUT2D eigenvalue weighted by atomic mass is 10.1. The molecule has 19 heavy (non-hydrogen) atoms. The number of hydrogen-bond acceptors (Lipinski definition) is 1. The Morgan fingerprint density at radius 2 is 1.21 bits per heavy atom. The van der Waals surface area contributed by atoms with Crippen molar-refractivity contribution in [3.8, 4) is 23.7 Å². The van der Waals surface area contributed by atoms with E-state index in [2.05, 4.69) is 35.8 Å². The van der Waals surface area contributed by atoms with Gasteiger partial charge in [0, 0.05) is 21.9 Å². The standard InChI is InChI=1S/C18H12O/c1-3-5-13-7-9-15-16-10-8-14(6-4-2)12-18(16)19-17(15)11-13/h7-12H,1-2H3. The first-order valence-electron chi connectivity index (χ1n) is 6.13. The molecule has 1 aromatic heterocycles. The van der Waals surface area contributed by atoms with Gasteiger partial charge < -0.3 is 4.42 Å². The molecule has 0 saturated heterocycles. The molecule has 1 heterocycles. The lowest BCUT2D eigenvalue weighted by Crippen LogP contribution is -1.74. The normalized spacial score (nSPS) is 9.79. The van der Waals surface area contributed by atoms with Crippen LogP contribution in [0.5, 0.6) is 0 Å². The van der Waals surface area contributed by atoms with E-state index in [1.165, 1.54) is 0 Å². The van der Waals surface area contributed by atoms with Gasteiger partial charge in [-0.05, 0) is 50.2 Å². The summed E-state index contributed by atoms with van der Waals surface area (Å²) in [6.45, 7) is 3.66. The highest BCUT2D eigenvalue weighted by Gasteiger charge is 2.07. The second-order valence-corrected chi connectivity index (χ2v) is 4.27. The van der Waals surface area contributed by atoms with E-state index in [-0.39, 0.29) is 0 Å². The summed E-state index contributed by atoms with van der Waals surface area (Å²) >= 11 is 0. The largest absolute Gasteiger partial charge is 0.456 e. The lowest BCUT2D eigenvalue weighted by molar-refractivity contribution is 0.668. The van der Waals surface area contributed by atoms with Crippen molar-refractivity contribution >= 4 is 21.9 Å². The highest BCUT2D eigenvalue weighted by Crippen LogP contribution is 2.29. The van der Waals surface area contributed by atoms with Gasteiger partial charge in [-0.15, -0.1) is 11.8 Å². The van der Waals surface area contributed by atoms with Crippen molar-refractivity contribution in [2.75, 3.05) is 0 Å². The van der Waals surface area contributed by atoms with Crippen LogP contribution in [-0.2, 0) is 0 Å². The highest BCUT2D eigenvalue weighted by atomic mass is 16.3. The van der Waals surface area contributed by atoms with Gasteiger partial charge in [-0.2, -0.15) is 0 Å². The zero-order valence-corrected chi connectivity index (χ0v) is 10.9. The van der Waals surface area contributed by atoms with Crippen LogP contribution in [0.1, 0.15) is 25.0 Å². The molecule has 0 atom stereocenters. The fraction of sp³-hybridized carbons (Fsp3) is 0.111. The quantitative estimate of drug-likeness (QED) is 0.536. The van der Waals surface area contributed by atoms with Crippen molar-refractivity contribution in [1.29, 1.82) is 0 Å². The Morgan fingerprint density at radius 1 is 0.737 bits per heavy atom. The maximum atomic E-state index is 5.89. The molecule has 0 unspecified atom stereocenters. The molecule has 0 saturated carbocycles. The Hall–Kier alpha value is -2.64. The summed E-state index contributed by atoms with van der Waals surface area (Å²) < 4.78 is 5.89. The zero-order chi connectivity index (χ0) is 13.2. The third-order valence-corrected chi connectivity index (χ3v) is 3.01. The molecule has 0 amide bonds. The van der Waals surface area contributed by atoms with Crippen LogP contribution in [-0.4, -0.2) is 0 Å². The fourth-order valence-electron chi connectivity index (χ4n) is 2.22. The van der Waals surface area contributed by atoms with Crippen LogP contribution in [0.4, 0.5) is 0 Å². The molecule has 0 aliphatic heterocycles. The Bertz CT molecular complexity index is 815. The Labute approximate surface area is 112 Å². The van der Waals surface area contributed by atoms with Gasteiger partial charge in [0.25, 0.3) is 0 Å². The molecule has 0 aliphatic carbocycles. The number of hydrogen-bond donors (Lipinski definition) is 0. The molecule has 2 aromatic carbocycles. The first-order valence-corrected chi connectivity index (χ1v) is 6.13. The van der Waals surface area contributed by atoms with Gasteiger partial charge in [-0.1, -0.05) is 11.8 Å². The topological polar surface area (TPSA) is 13.1 Å². The summed E-state index contributed by atoms with van der Waals surface area (Å²) in [4.78, 5) is 0. The van der Waals surface area contributed by atoms with Gasteiger partial charge in [-0.3, -0.25) is 0 Å². The van der Waals surface area contributed by atoms with Gasteiger partial charge in [0.2, 0.25) is 0 Å². The minimum atomic E-state index is 0.872. The fourth-order valence-corrected chi connectivity index (χ4v) is 2.22. The van der Waals surface area contributed by atoms with Gasteiger partial charge in [0.1, 0.15) is 11.2 Å². The van der Waals surface area contributed by atoms with Crippen molar-refractivity contribution in [2.45, 2.75) is 13.8 Å². The van der Waals surface area contributed by atoms with Crippen LogP contribution in [0.15, 0.2) is 40.8 Å². The van der Waals surface area contributed by atoms with Gasteiger partial charge in [0.05, 0.1) is 0 Å².